The Kier molecular flexibility index (Phi) is 10.8. The van der Waals surface area contributed by atoms with Crippen molar-refractivity contribution in [3.05, 3.63) is 0 Å². The van der Waals surface area contributed by atoms with E-state index in [-0.39, 0.29) is 0 Å². The Labute approximate surface area is 70.6 Å². The van der Waals surface area contributed by atoms with E-state index in [0.717, 1.165) is 18.3 Å². The van der Waals surface area contributed by atoms with E-state index in [1.807, 2.05) is 0 Å². The van der Waals surface area contributed by atoms with Gasteiger partial charge in [-0.25, -0.2) is 0 Å². The Morgan fingerprint density at radius 2 is 1.00 bits per heavy atom. The Hall–Kier alpha value is 2.22. The van der Waals surface area contributed by atoms with E-state index in [2.05, 4.69) is 0 Å². The first-order chi connectivity index (χ1) is 3.00. The van der Waals surface area contributed by atoms with Gasteiger partial charge in [-0.2, -0.15) is 0 Å². The van der Waals surface area contributed by atoms with Gasteiger partial charge in [0.05, 0.1) is 0 Å². The molecule has 0 amide bonds. The van der Waals surface area contributed by atoms with Crippen LogP contribution in [0.15, 0.2) is 0 Å². The molecule has 0 aliphatic carbocycles. The predicted octanol–water partition coefficient (Wildman–Crippen LogP) is 2.63. The third-order valence-corrected chi connectivity index (χ3v) is 0. The van der Waals surface area contributed by atoms with Gasteiger partial charge in [-0.1, -0.05) is 0 Å². The number of hydrogen-bond acceptors (Lipinski definition) is 1. The molecule has 0 aliphatic rings. The first-order valence-electron chi connectivity index (χ1n) is 0.679. The van der Waals surface area contributed by atoms with Gasteiger partial charge in [0.1, 0.15) is 0 Å². The van der Waals surface area contributed by atoms with Crippen molar-refractivity contribution in [2.24, 2.45) is 0 Å². The normalized spacial score (nSPS) is 11.6. The fourth-order valence-corrected chi connectivity index (χ4v) is 0. The SMILES string of the molecule is [Cl][Os]([Cl])([Cl])[Cl].[O]=[Ru]. The molecular formula is Cl4OOsRu. The summed E-state index contributed by atoms with van der Waals surface area (Å²) in [5.41, 5.74) is 0. The van der Waals surface area contributed by atoms with Crippen molar-refractivity contribution in [1.82, 2.24) is 0 Å². The molecule has 0 radical (unpaired) electrons. The molecule has 7 heavy (non-hydrogen) atoms. The van der Waals surface area contributed by atoms with Gasteiger partial charge in [-0.05, 0) is 0 Å². The molecule has 0 heterocycles. The molecule has 0 aromatic carbocycles. The second-order valence-electron chi connectivity index (χ2n) is 0.303. The second kappa shape index (κ2) is 6.34. The molecule has 0 fully saturated rings. The van der Waals surface area contributed by atoms with Crippen LogP contribution in [0.2, 0.25) is 0 Å². The molecule has 0 aromatic heterocycles. The van der Waals surface area contributed by atoms with Gasteiger partial charge in [0.15, 0.2) is 0 Å². The molecule has 0 bridgehead atoms. The summed E-state index contributed by atoms with van der Waals surface area (Å²) in [7, 11) is 20.1. The molecule has 0 aromatic rings. The Morgan fingerprint density at radius 1 is 1.00 bits per heavy atom. The first kappa shape index (κ1) is 12.0. The molecule has 0 N–H and O–H groups in total. The van der Waals surface area contributed by atoms with Crippen LogP contribution >= 0.6 is 38.6 Å². The average molecular weight is 449 g/mol. The van der Waals surface area contributed by atoms with Gasteiger partial charge in [0, 0.05) is 0 Å². The van der Waals surface area contributed by atoms with Crippen molar-refractivity contribution in [2.45, 2.75) is 0 Å². The summed E-state index contributed by atoms with van der Waals surface area (Å²) in [5.74, 6) is 0. The van der Waals surface area contributed by atoms with Crippen molar-refractivity contribution in [2.75, 3.05) is 0 Å². The van der Waals surface area contributed by atoms with E-state index >= 15 is 0 Å². The molecule has 0 rings (SSSR count). The van der Waals surface area contributed by atoms with Crippen LogP contribution < -0.4 is 0 Å². The molecule has 0 unspecified atom stereocenters. The maximum absolute atomic E-state index is 8.18. The molecule has 0 spiro atoms. The van der Waals surface area contributed by atoms with Crippen molar-refractivity contribution >= 4 is 38.6 Å². The van der Waals surface area contributed by atoms with Crippen LogP contribution in [0.5, 0.6) is 0 Å². The van der Waals surface area contributed by atoms with Crippen molar-refractivity contribution in [3.8, 4) is 0 Å². The van der Waals surface area contributed by atoms with Crippen LogP contribution in [0, 0.1) is 0 Å². The summed E-state index contributed by atoms with van der Waals surface area (Å²) >= 11 is -2.07. The fraction of sp³-hybridized carbons (Fsp3) is 0. The second-order valence-corrected chi connectivity index (χ2v) is 22.3. The van der Waals surface area contributed by atoms with E-state index in [1.165, 1.54) is 0 Å². The number of halogens is 4. The maximum atomic E-state index is 8.18. The minimum atomic E-state index is -3.17. The van der Waals surface area contributed by atoms with Gasteiger partial charge in [0.2, 0.25) is 0 Å². The van der Waals surface area contributed by atoms with Gasteiger partial charge >= 0.3 is 71.4 Å². The van der Waals surface area contributed by atoms with Crippen molar-refractivity contribution < 1.29 is 32.9 Å². The molecule has 7 heteroatoms. The van der Waals surface area contributed by atoms with Gasteiger partial charge in [0.25, 0.3) is 0 Å². The van der Waals surface area contributed by atoms with Crippen LogP contribution in [-0.2, 0) is 32.9 Å². The zero-order valence-corrected chi connectivity index (χ0v) is 9.93. The number of rotatable bonds is 0. The van der Waals surface area contributed by atoms with Crippen molar-refractivity contribution in [1.29, 1.82) is 0 Å². The van der Waals surface area contributed by atoms with Crippen molar-refractivity contribution in [3.63, 3.8) is 0 Å². The Morgan fingerprint density at radius 3 is 1.00 bits per heavy atom. The summed E-state index contributed by atoms with van der Waals surface area (Å²) in [5, 5.41) is 0. The zero-order valence-electron chi connectivity index (χ0n) is 2.63. The minimum absolute atomic E-state index is 1.10. The molecule has 0 aliphatic heterocycles. The summed E-state index contributed by atoms with van der Waals surface area (Å²) in [6.45, 7) is 0. The molecule has 50 valence electrons. The number of hydrogen-bond donors (Lipinski definition) is 0. The standard InChI is InChI=1S/4ClH.O.Os.Ru/h4*1H;;;/q;;;;;+4;/p-4. The molecular weight excluding hydrogens is 449 g/mol. The van der Waals surface area contributed by atoms with Crippen LogP contribution in [0.25, 0.3) is 0 Å². The van der Waals surface area contributed by atoms with Gasteiger partial charge in [-0.15, -0.1) is 0 Å². The molecule has 0 saturated heterocycles. The molecule has 0 saturated carbocycles. The van der Waals surface area contributed by atoms with E-state index < -0.39 is 11.0 Å². The van der Waals surface area contributed by atoms with E-state index in [0.29, 0.717) is 0 Å². The third kappa shape index (κ3) is 64.5. The van der Waals surface area contributed by atoms with Gasteiger partial charge in [-0.3, -0.25) is 0 Å². The summed E-state index contributed by atoms with van der Waals surface area (Å²) in [6, 6.07) is 0. The van der Waals surface area contributed by atoms with E-state index in [9.17, 15) is 0 Å². The van der Waals surface area contributed by atoms with E-state index in [1.54, 1.807) is 0 Å². The quantitative estimate of drug-likeness (QED) is 0.520. The topological polar surface area (TPSA) is 17.1 Å². The van der Waals surface area contributed by atoms with Crippen LogP contribution in [0.4, 0.5) is 0 Å². The monoisotopic (exact) mass is 450 g/mol. The predicted molar refractivity (Wildman–Crippen MR) is 24.1 cm³/mol. The Bertz CT molecular complexity index is 35.4. The van der Waals surface area contributed by atoms with E-state index in [4.69, 9.17) is 42.1 Å². The molecule has 1 nitrogen and oxygen atoms in total. The van der Waals surface area contributed by atoms with Crippen LogP contribution in [-0.4, -0.2) is 0 Å². The Balaban J connectivity index is 0. The summed E-state index contributed by atoms with van der Waals surface area (Å²) in [6.07, 6.45) is 0. The third-order valence-electron chi connectivity index (χ3n) is 0. The molecule has 0 atom stereocenters. The van der Waals surface area contributed by atoms with Crippen LogP contribution in [0.3, 0.4) is 0 Å². The summed E-state index contributed by atoms with van der Waals surface area (Å²) in [4.78, 5) is 0. The first-order valence-corrected chi connectivity index (χ1v) is 14.0. The zero-order chi connectivity index (χ0) is 6.50. The summed E-state index contributed by atoms with van der Waals surface area (Å²) < 4.78 is 8.18. The van der Waals surface area contributed by atoms with Crippen LogP contribution in [0.1, 0.15) is 0 Å². The average Bonchev–Trinajstić information content (AvgIpc) is 1.36. The van der Waals surface area contributed by atoms with Gasteiger partial charge < -0.3 is 0 Å². The fourth-order valence-electron chi connectivity index (χ4n) is 0.